The summed E-state index contributed by atoms with van der Waals surface area (Å²) in [6.45, 7) is 0. The standard InChI is InChI=1S/C46H31N/c1-2-10-32(11-3-1)34-20-25-39(26-21-34)47(46-17-9-8-16-42(46)38-19-18-33-12-4-5-14-37(33)30-38)40-27-22-36-24-28-43-41-15-7-6-13-35(41)23-29-44(43)45(36)31-40/h1-31H. The van der Waals surface area contributed by atoms with E-state index in [9.17, 15) is 0 Å². The molecule has 0 aliphatic carbocycles. The van der Waals surface area contributed by atoms with Gasteiger partial charge >= 0.3 is 0 Å². The minimum Gasteiger partial charge on any atom is -0.310 e. The predicted molar refractivity (Wildman–Crippen MR) is 202 cm³/mol. The first-order chi connectivity index (χ1) is 23.3. The summed E-state index contributed by atoms with van der Waals surface area (Å²) in [5, 5.41) is 10.1. The van der Waals surface area contributed by atoms with E-state index in [1.54, 1.807) is 0 Å². The summed E-state index contributed by atoms with van der Waals surface area (Å²) in [7, 11) is 0. The molecule has 0 aliphatic heterocycles. The summed E-state index contributed by atoms with van der Waals surface area (Å²) in [5.41, 5.74) is 8.18. The van der Waals surface area contributed by atoms with Crippen LogP contribution in [0.15, 0.2) is 188 Å². The molecule has 0 N–H and O–H groups in total. The Morgan fingerprint density at radius 2 is 0.830 bits per heavy atom. The summed E-state index contributed by atoms with van der Waals surface area (Å²) >= 11 is 0. The molecule has 9 rings (SSSR count). The van der Waals surface area contributed by atoms with Crippen molar-refractivity contribution >= 4 is 60.2 Å². The Bertz CT molecular complexity index is 2560. The first-order valence-electron chi connectivity index (χ1n) is 16.2. The van der Waals surface area contributed by atoms with Crippen molar-refractivity contribution in [2.45, 2.75) is 0 Å². The maximum absolute atomic E-state index is 2.42. The third kappa shape index (κ3) is 4.81. The summed E-state index contributed by atoms with van der Waals surface area (Å²) in [5.74, 6) is 0. The molecular formula is C46H31N. The van der Waals surface area contributed by atoms with Gasteiger partial charge in [0.05, 0.1) is 5.69 Å². The zero-order chi connectivity index (χ0) is 31.2. The Labute approximate surface area is 274 Å². The SMILES string of the molecule is c1ccc(-c2ccc(N(c3ccc4ccc5c6ccccc6ccc5c4c3)c3ccccc3-c3ccc4ccccc4c3)cc2)cc1. The van der Waals surface area contributed by atoms with Crippen molar-refractivity contribution in [3.8, 4) is 22.3 Å². The van der Waals surface area contributed by atoms with E-state index in [-0.39, 0.29) is 0 Å². The number of anilines is 3. The molecule has 0 radical (unpaired) electrons. The van der Waals surface area contributed by atoms with E-state index in [4.69, 9.17) is 0 Å². The van der Waals surface area contributed by atoms with E-state index in [1.165, 1.54) is 65.3 Å². The highest BCUT2D eigenvalue weighted by Crippen LogP contribution is 2.43. The Morgan fingerprint density at radius 1 is 0.277 bits per heavy atom. The second-order valence-electron chi connectivity index (χ2n) is 12.2. The summed E-state index contributed by atoms with van der Waals surface area (Å²) in [6.07, 6.45) is 0. The van der Waals surface area contributed by atoms with Crippen LogP contribution in [-0.4, -0.2) is 0 Å². The van der Waals surface area contributed by atoms with Gasteiger partial charge in [-0.3, -0.25) is 0 Å². The Balaban J connectivity index is 1.27. The van der Waals surface area contributed by atoms with E-state index in [0.29, 0.717) is 0 Å². The number of para-hydroxylation sites is 1. The van der Waals surface area contributed by atoms with Gasteiger partial charge in [-0.1, -0.05) is 152 Å². The Morgan fingerprint density at radius 3 is 1.66 bits per heavy atom. The lowest BCUT2D eigenvalue weighted by Crippen LogP contribution is -2.11. The van der Waals surface area contributed by atoms with Gasteiger partial charge < -0.3 is 4.90 Å². The largest absolute Gasteiger partial charge is 0.310 e. The fraction of sp³-hybridized carbons (Fsp3) is 0. The molecule has 0 aliphatic rings. The lowest BCUT2D eigenvalue weighted by Gasteiger charge is -2.28. The number of hydrogen-bond acceptors (Lipinski definition) is 1. The van der Waals surface area contributed by atoms with Gasteiger partial charge in [-0.05, 0) is 96.2 Å². The van der Waals surface area contributed by atoms with Crippen LogP contribution in [0.1, 0.15) is 0 Å². The van der Waals surface area contributed by atoms with Crippen LogP contribution in [-0.2, 0) is 0 Å². The summed E-state index contributed by atoms with van der Waals surface area (Å²) in [6, 6.07) is 68.3. The van der Waals surface area contributed by atoms with Crippen LogP contribution < -0.4 is 4.90 Å². The molecule has 220 valence electrons. The monoisotopic (exact) mass is 597 g/mol. The van der Waals surface area contributed by atoms with Crippen LogP contribution >= 0.6 is 0 Å². The molecule has 0 bridgehead atoms. The van der Waals surface area contributed by atoms with Gasteiger partial charge in [0.1, 0.15) is 0 Å². The highest BCUT2D eigenvalue weighted by molar-refractivity contribution is 6.18. The van der Waals surface area contributed by atoms with Crippen molar-refractivity contribution in [2.24, 2.45) is 0 Å². The molecule has 0 saturated carbocycles. The molecule has 1 heteroatoms. The van der Waals surface area contributed by atoms with E-state index < -0.39 is 0 Å². The van der Waals surface area contributed by atoms with Crippen molar-refractivity contribution in [2.75, 3.05) is 4.90 Å². The van der Waals surface area contributed by atoms with E-state index in [1.807, 2.05) is 0 Å². The molecule has 0 fully saturated rings. The normalized spacial score (nSPS) is 11.4. The van der Waals surface area contributed by atoms with Crippen LogP contribution in [0.3, 0.4) is 0 Å². The van der Waals surface area contributed by atoms with Gasteiger partial charge in [0.15, 0.2) is 0 Å². The first kappa shape index (κ1) is 27.2. The molecule has 0 unspecified atom stereocenters. The molecule has 0 amide bonds. The molecular weight excluding hydrogens is 567 g/mol. The van der Waals surface area contributed by atoms with Crippen molar-refractivity contribution in [3.05, 3.63) is 188 Å². The van der Waals surface area contributed by atoms with Crippen molar-refractivity contribution in [1.29, 1.82) is 0 Å². The number of fused-ring (bicyclic) bond motifs is 6. The highest BCUT2D eigenvalue weighted by atomic mass is 15.1. The number of hydrogen-bond donors (Lipinski definition) is 0. The quantitative estimate of drug-likeness (QED) is 0.178. The number of rotatable bonds is 5. The van der Waals surface area contributed by atoms with Gasteiger partial charge in [0, 0.05) is 16.9 Å². The van der Waals surface area contributed by atoms with Gasteiger partial charge in [0.2, 0.25) is 0 Å². The zero-order valence-electron chi connectivity index (χ0n) is 25.8. The van der Waals surface area contributed by atoms with E-state index in [0.717, 1.165) is 17.1 Å². The maximum atomic E-state index is 2.42. The second-order valence-corrected chi connectivity index (χ2v) is 12.2. The van der Waals surface area contributed by atoms with Crippen LogP contribution in [0, 0.1) is 0 Å². The molecule has 9 aromatic carbocycles. The average Bonchev–Trinajstić information content (AvgIpc) is 3.15. The first-order valence-corrected chi connectivity index (χ1v) is 16.2. The van der Waals surface area contributed by atoms with Crippen LogP contribution in [0.5, 0.6) is 0 Å². The predicted octanol–water partition coefficient (Wildman–Crippen LogP) is 13.1. The molecule has 0 atom stereocenters. The average molecular weight is 598 g/mol. The lowest BCUT2D eigenvalue weighted by atomic mass is 9.96. The Kier molecular flexibility index (Phi) is 6.54. The van der Waals surface area contributed by atoms with Gasteiger partial charge in [-0.15, -0.1) is 0 Å². The molecule has 0 aromatic heterocycles. The molecule has 1 nitrogen and oxygen atoms in total. The van der Waals surface area contributed by atoms with E-state index in [2.05, 4.69) is 193 Å². The van der Waals surface area contributed by atoms with Crippen LogP contribution in [0.4, 0.5) is 17.1 Å². The smallest absolute Gasteiger partial charge is 0.0540 e. The summed E-state index contributed by atoms with van der Waals surface area (Å²) < 4.78 is 0. The minimum absolute atomic E-state index is 1.11. The van der Waals surface area contributed by atoms with Gasteiger partial charge in [-0.25, -0.2) is 0 Å². The minimum atomic E-state index is 1.11. The van der Waals surface area contributed by atoms with Gasteiger partial charge in [0.25, 0.3) is 0 Å². The second kappa shape index (κ2) is 11.3. The van der Waals surface area contributed by atoms with Crippen molar-refractivity contribution in [3.63, 3.8) is 0 Å². The topological polar surface area (TPSA) is 3.24 Å². The zero-order valence-corrected chi connectivity index (χ0v) is 25.8. The third-order valence-corrected chi connectivity index (χ3v) is 9.42. The lowest BCUT2D eigenvalue weighted by molar-refractivity contribution is 1.29. The maximum Gasteiger partial charge on any atom is 0.0540 e. The number of nitrogens with zero attached hydrogens (tertiary/aromatic N) is 1. The fourth-order valence-corrected chi connectivity index (χ4v) is 7.08. The van der Waals surface area contributed by atoms with Crippen LogP contribution in [0.2, 0.25) is 0 Å². The molecule has 9 aromatic rings. The van der Waals surface area contributed by atoms with Gasteiger partial charge in [-0.2, -0.15) is 0 Å². The molecule has 0 spiro atoms. The highest BCUT2D eigenvalue weighted by Gasteiger charge is 2.18. The molecule has 0 heterocycles. The van der Waals surface area contributed by atoms with E-state index >= 15 is 0 Å². The molecule has 47 heavy (non-hydrogen) atoms. The third-order valence-electron chi connectivity index (χ3n) is 9.42. The summed E-state index contributed by atoms with van der Waals surface area (Å²) in [4.78, 5) is 2.42. The van der Waals surface area contributed by atoms with Crippen LogP contribution in [0.25, 0.3) is 65.3 Å². The molecule has 0 saturated heterocycles. The van der Waals surface area contributed by atoms with Crippen molar-refractivity contribution in [1.82, 2.24) is 0 Å². The fourth-order valence-electron chi connectivity index (χ4n) is 7.08. The Hall–Kier alpha value is -6.18. The van der Waals surface area contributed by atoms with Crippen molar-refractivity contribution < 1.29 is 0 Å². The number of benzene rings is 9.